The first-order valence-corrected chi connectivity index (χ1v) is 13.3. The number of rotatable bonds is 8. The summed E-state index contributed by atoms with van der Waals surface area (Å²) in [5.41, 5.74) is 7.99. The molecule has 0 spiro atoms. The summed E-state index contributed by atoms with van der Waals surface area (Å²) in [6.07, 6.45) is 5.11. The number of hydrogen-bond donors (Lipinski definition) is 2. The molecule has 0 fully saturated rings. The molecule has 0 aliphatic heterocycles. The molecule has 0 radical (unpaired) electrons. The van der Waals surface area contributed by atoms with Crippen LogP contribution in [0.4, 0.5) is 5.69 Å². The number of pyridine rings is 1. The van der Waals surface area contributed by atoms with Gasteiger partial charge >= 0.3 is 0 Å². The summed E-state index contributed by atoms with van der Waals surface area (Å²) in [6.45, 7) is 4.07. The second-order valence-electron chi connectivity index (χ2n) is 8.36. The number of benzene rings is 3. The SMILES string of the molecule is Cc1ccc(C=NNC(=O)c2cc(Br)ccc2NC(=O)c2cccc(CSc3ccncc3)c2)cc1C. The van der Waals surface area contributed by atoms with Gasteiger partial charge in [-0.3, -0.25) is 14.6 Å². The fourth-order valence-electron chi connectivity index (χ4n) is 3.48. The molecule has 8 heteroatoms. The summed E-state index contributed by atoms with van der Waals surface area (Å²) in [6, 6.07) is 22.4. The zero-order valence-corrected chi connectivity index (χ0v) is 22.8. The summed E-state index contributed by atoms with van der Waals surface area (Å²) in [7, 11) is 0. The van der Waals surface area contributed by atoms with E-state index in [0.717, 1.165) is 27.3 Å². The molecule has 2 amide bonds. The minimum absolute atomic E-state index is 0.296. The first-order valence-electron chi connectivity index (χ1n) is 11.5. The van der Waals surface area contributed by atoms with E-state index in [0.29, 0.717) is 21.3 Å². The second-order valence-corrected chi connectivity index (χ2v) is 10.3. The standard InChI is InChI=1S/C29H25BrN4O2S/c1-19-6-7-21(14-20(19)2)17-32-34-29(36)26-16-24(30)8-9-27(26)33-28(35)23-5-3-4-22(15-23)18-37-25-10-12-31-13-11-25/h3-17H,18H2,1-2H3,(H,33,35)(H,34,36). The van der Waals surface area contributed by atoms with Gasteiger partial charge in [0.15, 0.2) is 0 Å². The maximum absolute atomic E-state index is 13.1. The van der Waals surface area contributed by atoms with Crippen LogP contribution in [0.5, 0.6) is 0 Å². The Hall–Kier alpha value is -3.75. The van der Waals surface area contributed by atoms with Gasteiger partial charge in [-0.2, -0.15) is 5.10 Å². The van der Waals surface area contributed by atoms with Crippen molar-refractivity contribution in [3.05, 3.63) is 123 Å². The van der Waals surface area contributed by atoms with Crippen LogP contribution in [0.2, 0.25) is 0 Å². The molecule has 0 bridgehead atoms. The third-order valence-corrected chi connectivity index (χ3v) is 7.21. The van der Waals surface area contributed by atoms with Gasteiger partial charge in [-0.1, -0.05) is 46.3 Å². The number of nitrogens with one attached hydrogen (secondary N) is 2. The summed E-state index contributed by atoms with van der Waals surface area (Å²) in [5.74, 6) is -0.0137. The Labute approximate surface area is 228 Å². The summed E-state index contributed by atoms with van der Waals surface area (Å²) in [5, 5.41) is 6.97. The molecule has 0 saturated carbocycles. The average molecular weight is 574 g/mol. The smallest absolute Gasteiger partial charge is 0.273 e. The van der Waals surface area contributed by atoms with E-state index in [4.69, 9.17) is 0 Å². The minimum Gasteiger partial charge on any atom is -0.321 e. The van der Waals surface area contributed by atoms with Gasteiger partial charge in [-0.15, -0.1) is 11.8 Å². The molecule has 3 aromatic carbocycles. The van der Waals surface area contributed by atoms with Crippen LogP contribution in [0.25, 0.3) is 0 Å². The maximum Gasteiger partial charge on any atom is 0.273 e. The number of hydrazone groups is 1. The van der Waals surface area contributed by atoms with Crippen LogP contribution in [0, 0.1) is 13.8 Å². The molecular weight excluding hydrogens is 548 g/mol. The highest BCUT2D eigenvalue weighted by Gasteiger charge is 2.15. The van der Waals surface area contributed by atoms with E-state index in [1.807, 2.05) is 62.4 Å². The number of aryl methyl sites for hydroxylation is 2. The Morgan fingerprint density at radius 1 is 0.946 bits per heavy atom. The molecule has 0 aliphatic carbocycles. The summed E-state index contributed by atoms with van der Waals surface area (Å²) >= 11 is 5.07. The van der Waals surface area contributed by atoms with Crippen molar-refractivity contribution in [1.82, 2.24) is 10.4 Å². The molecule has 4 rings (SSSR count). The highest BCUT2D eigenvalue weighted by molar-refractivity contribution is 9.10. The molecule has 37 heavy (non-hydrogen) atoms. The van der Waals surface area contributed by atoms with E-state index in [1.165, 1.54) is 5.56 Å². The maximum atomic E-state index is 13.1. The van der Waals surface area contributed by atoms with Crippen LogP contribution < -0.4 is 10.7 Å². The highest BCUT2D eigenvalue weighted by Crippen LogP contribution is 2.24. The van der Waals surface area contributed by atoms with E-state index >= 15 is 0 Å². The Morgan fingerprint density at radius 2 is 1.76 bits per heavy atom. The van der Waals surface area contributed by atoms with Gasteiger partial charge in [0.2, 0.25) is 0 Å². The Balaban J connectivity index is 1.44. The van der Waals surface area contributed by atoms with Crippen LogP contribution >= 0.6 is 27.7 Å². The average Bonchev–Trinajstić information content (AvgIpc) is 2.91. The molecule has 6 nitrogen and oxygen atoms in total. The van der Waals surface area contributed by atoms with Crippen LogP contribution in [0.15, 0.2) is 99.7 Å². The number of hydrogen-bond acceptors (Lipinski definition) is 5. The normalized spacial score (nSPS) is 10.9. The fourth-order valence-corrected chi connectivity index (χ4v) is 4.67. The zero-order chi connectivity index (χ0) is 26.2. The molecule has 0 saturated heterocycles. The minimum atomic E-state index is -0.431. The second kappa shape index (κ2) is 12.5. The van der Waals surface area contributed by atoms with Gasteiger partial charge in [0, 0.05) is 33.1 Å². The molecule has 2 N–H and O–H groups in total. The van der Waals surface area contributed by atoms with Crippen molar-refractivity contribution in [2.24, 2.45) is 5.10 Å². The number of halogens is 1. The van der Waals surface area contributed by atoms with Crippen molar-refractivity contribution in [2.75, 3.05) is 5.32 Å². The van der Waals surface area contributed by atoms with E-state index in [-0.39, 0.29) is 5.91 Å². The summed E-state index contributed by atoms with van der Waals surface area (Å²) in [4.78, 5) is 31.1. The molecule has 186 valence electrons. The molecule has 1 heterocycles. The number of nitrogens with zero attached hydrogens (tertiary/aromatic N) is 2. The van der Waals surface area contributed by atoms with Gasteiger partial charge in [0.1, 0.15) is 0 Å². The highest BCUT2D eigenvalue weighted by atomic mass is 79.9. The van der Waals surface area contributed by atoms with Crippen LogP contribution in [-0.2, 0) is 5.75 Å². The lowest BCUT2D eigenvalue weighted by Gasteiger charge is -2.11. The van der Waals surface area contributed by atoms with E-state index < -0.39 is 5.91 Å². The molecular formula is C29H25BrN4O2S. The van der Waals surface area contributed by atoms with Crippen molar-refractivity contribution in [2.45, 2.75) is 24.5 Å². The lowest BCUT2D eigenvalue weighted by molar-refractivity contribution is 0.0956. The Kier molecular flexibility index (Phi) is 8.87. The van der Waals surface area contributed by atoms with Crippen molar-refractivity contribution in [1.29, 1.82) is 0 Å². The lowest BCUT2D eigenvalue weighted by Crippen LogP contribution is -2.21. The molecule has 0 atom stereocenters. The van der Waals surface area contributed by atoms with Crippen LogP contribution in [-0.4, -0.2) is 23.0 Å². The monoisotopic (exact) mass is 572 g/mol. The molecule has 0 aliphatic rings. The van der Waals surface area contributed by atoms with Gasteiger partial charge in [0.25, 0.3) is 11.8 Å². The van der Waals surface area contributed by atoms with Crippen LogP contribution in [0.3, 0.4) is 0 Å². The number of carbonyl (C=O) groups is 2. The summed E-state index contributed by atoms with van der Waals surface area (Å²) < 4.78 is 0.712. The zero-order valence-electron chi connectivity index (χ0n) is 20.4. The number of thioether (sulfide) groups is 1. The first-order chi connectivity index (χ1) is 17.9. The van der Waals surface area contributed by atoms with Crippen molar-refractivity contribution >= 4 is 51.4 Å². The fraction of sp³-hybridized carbons (Fsp3) is 0.103. The largest absolute Gasteiger partial charge is 0.321 e. The quantitative estimate of drug-likeness (QED) is 0.139. The Bertz CT molecular complexity index is 1460. The van der Waals surface area contributed by atoms with Gasteiger partial charge in [-0.05, 0) is 78.6 Å². The number of anilines is 1. The molecule has 4 aromatic rings. The van der Waals surface area contributed by atoms with Gasteiger partial charge in [0.05, 0.1) is 17.5 Å². The van der Waals surface area contributed by atoms with Gasteiger partial charge < -0.3 is 5.32 Å². The molecule has 0 unspecified atom stereocenters. The van der Waals surface area contributed by atoms with Crippen molar-refractivity contribution in [3.8, 4) is 0 Å². The van der Waals surface area contributed by atoms with E-state index in [9.17, 15) is 9.59 Å². The predicted octanol–water partition coefficient (Wildman–Crippen LogP) is 6.77. The number of carbonyl (C=O) groups excluding carboxylic acids is 2. The van der Waals surface area contributed by atoms with E-state index in [2.05, 4.69) is 36.8 Å². The predicted molar refractivity (Wildman–Crippen MR) is 153 cm³/mol. The number of amides is 2. The molecule has 1 aromatic heterocycles. The number of aromatic nitrogens is 1. The lowest BCUT2D eigenvalue weighted by atomic mass is 10.1. The van der Waals surface area contributed by atoms with Crippen molar-refractivity contribution < 1.29 is 9.59 Å². The first kappa shape index (κ1) is 26.3. The third-order valence-electron chi connectivity index (χ3n) is 5.63. The topological polar surface area (TPSA) is 83.5 Å². The third kappa shape index (κ3) is 7.38. The van der Waals surface area contributed by atoms with Gasteiger partial charge in [-0.25, -0.2) is 5.43 Å². The van der Waals surface area contributed by atoms with Crippen LogP contribution in [0.1, 0.15) is 43.0 Å². The van der Waals surface area contributed by atoms with Crippen molar-refractivity contribution in [3.63, 3.8) is 0 Å². The Morgan fingerprint density at radius 3 is 2.54 bits per heavy atom. The van der Waals surface area contributed by atoms with E-state index in [1.54, 1.807) is 54.6 Å².